The van der Waals surface area contributed by atoms with E-state index >= 15 is 0 Å². The van der Waals surface area contributed by atoms with Gasteiger partial charge in [-0.15, -0.1) is 11.8 Å². The van der Waals surface area contributed by atoms with Crippen molar-refractivity contribution in [2.45, 2.75) is 17.9 Å². The first kappa shape index (κ1) is 13.4. The van der Waals surface area contributed by atoms with Crippen molar-refractivity contribution in [1.29, 1.82) is 0 Å². The van der Waals surface area contributed by atoms with Crippen LogP contribution in [0.15, 0.2) is 23.1 Å². The molecular weight excluding hydrogens is 222 g/mol. The molecule has 2 N–H and O–H groups in total. The fraction of sp³-hybridized carbons (Fsp3) is 0.500. The van der Waals surface area contributed by atoms with Gasteiger partial charge < -0.3 is 15.2 Å². The number of thioether (sulfide) groups is 1. The Morgan fingerprint density at radius 2 is 2.12 bits per heavy atom. The summed E-state index contributed by atoms with van der Waals surface area (Å²) in [6.45, 7) is 2.71. The lowest BCUT2D eigenvalue weighted by molar-refractivity contribution is 0.218. The Hall–Kier alpha value is -0.710. The zero-order valence-corrected chi connectivity index (χ0v) is 10.8. The number of benzene rings is 1. The number of methoxy groups -OCH3 is 2. The fourth-order valence-electron chi connectivity index (χ4n) is 1.51. The molecule has 0 radical (unpaired) electrons. The molecule has 0 saturated heterocycles. The van der Waals surface area contributed by atoms with Gasteiger partial charge in [-0.2, -0.15) is 0 Å². The lowest BCUT2D eigenvalue weighted by Crippen LogP contribution is -2.09. The largest absolute Gasteiger partial charge is 0.496 e. The summed E-state index contributed by atoms with van der Waals surface area (Å²) < 4.78 is 10.4. The standard InChI is InChI=1S/C12H19NO2S/c1-9(13)12-10(15-3)5-4-6-11(12)16-8-7-14-2/h4-6,9H,7-8,13H2,1-3H3. The second-order valence-corrected chi connectivity index (χ2v) is 4.64. The van der Waals surface area contributed by atoms with Crippen LogP contribution in [0.3, 0.4) is 0 Å². The fourth-order valence-corrected chi connectivity index (χ4v) is 2.60. The van der Waals surface area contributed by atoms with Crippen molar-refractivity contribution in [2.75, 3.05) is 26.6 Å². The van der Waals surface area contributed by atoms with Gasteiger partial charge in [0.05, 0.1) is 13.7 Å². The van der Waals surface area contributed by atoms with Gasteiger partial charge in [-0.25, -0.2) is 0 Å². The van der Waals surface area contributed by atoms with E-state index in [2.05, 4.69) is 6.07 Å². The molecule has 0 aromatic heterocycles. The summed E-state index contributed by atoms with van der Waals surface area (Å²) in [5.41, 5.74) is 7.05. The molecule has 0 saturated carbocycles. The molecule has 0 amide bonds. The van der Waals surface area contributed by atoms with Gasteiger partial charge in [0.1, 0.15) is 5.75 Å². The van der Waals surface area contributed by atoms with Crippen molar-refractivity contribution < 1.29 is 9.47 Å². The van der Waals surface area contributed by atoms with Gasteiger partial charge in [-0.1, -0.05) is 6.07 Å². The Morgan fingerprint density at radius 1 is 1.38 bits per heavy atom. The average molecular weight is 241 g/mol. The molecule has 0 aliphatic carbocycles. The first-order chi connectivity index (χ1) is 7.70. The van der Waals surface area contributed by atoms with Gasteiger partial charge in [-0.05, 0) is 19.1 Å². The number of rotatable bonds is 6. The van der Waals surface area contributed by atoms with Crippen LogP contribution >= 0.6 is 11.8 Å². The first-order valence-electron chi connectivity index (χ1n) is 5.25. The Kier molecular flexibility index (Phi) is 5.66. The molecule has 1 aromatic rings. The lowest BCUT2D eigenvalue weighted by atomic mass is 10.1. The van der Waals surface area contributed by atoms with Gasteiger partial charge >= 0.3 is 0 Å². The molecule has 0 aliphatic rings. The van der Waals surface area contributed by atoms with Gasteiger partial charge in [0.25, 0.3) is 0 Å². The van der Waals surface area contributed by atoms with Gasteiger partial charge in [0, 0.05) is 29.4 Å². The molecular formula is C12H19NO2S. The maximum Gasteiger partial charge on any atom is 0.124 e. The van der Waals surface area contributed by atoms with Crippen LogP contribution in [-0.4, -0.2) is 26.6 Å². The van der Waals surface area contributed by atoms with Crippen LogP contribution in [0.1, 0.15) is 18.5 Å². The average Bonchev–Trinajstić information content (AvgIpc) is 2.28. The van der Waals surface area contributed by atoms with Crippen LogP contribution in [0, 0.1) is 0 Å². The summed E-state index contributed by atoms with van der Waals surface area (Å²) >= 11 is 1.74. The Labute approximate surface area is 101 Å². The van der Waals surface area contributed by atoms with Crippen LogP contribution < -0.4 is 10.5 Å². The topological polar surface area (TPSA) is 44.5 Å². The van der Waals surface area contributed by atoms with Crippen LogP contribution in [0.4, 0.5) is 0 Å². The van der Waals surface area contributed by atoms with E-state index in [4.69, 9.17) is 15.2 Å². The van der Waals surface area contributed by atoms with Gasteiger partial charge in [0.15, 0.2) is 0 Å². The molecule has 1 rings (SSSR count). The van der Waals surface area contributed by atoms with E-state index in [1.165, 1.54) is 4.90 Å². The van der Waals surface area contributed by atoms with Crippen LogP contribution in [0.5, 0.6) is 5.75 Å². The molecule has 4 heteroatoms. The second kappa shape index (κ2) is 6.78. The minimum absolute atomic E-state index is 0.0267. The highest BCUT2D eigenvalue weighted by Gasteiger charge is 2.12. The van der Waals surface area contributed by atoms with E-state index in [0.717, 1.165) is 23.7 Å². The van der Waals surface area contributed by atoms with Crippen LogP contribution in [0.2, 0.25) is 0 Å². The molecule has 0 heterocycles. The predicted molar refractivity (Wildman–Crippen MR) is 68.2 cm³/mol. The van der Waals surface area contributed by atoms with Gasteiger partial charge in [0.2, 0.25) is 0 Å². The summed E-state index contributed by atoms with van der Waals surface area (Å²) in [6.07, 6.45) is 0. The van der Waals surface area contributed by atoms with Crippen molar-refractivity contribution in [3.8, 4) is 5.75 Å². The smallest absolute Gasteiger partial charge is 0.124 e. The van der Waals surface area contributed by atoms with E-state index in [1.807, 2.05) is 19.1 Å². The molecule has 1 atom stereocenters. The predicted octanol–water partition coefficient (Wildman–Crippen LogP) is 2.45. The maximum atomic E-state index is 5.97. The highest BCUT2D eigenvalue weighted by Crippen LogP contribution is 2.33. The zero-order valence-electron chi connectivity index (χ0n) is 10.0. The van der Waals surface area contributed by atoms with Gasteiger partial charge in [-0.3, -0.25) is 0 Å². The van der Waals surface area contributed by atoms with E-state index in [0.29, 0.717) is 0 Å². The SMILES string of the molecule is COCCSc1cccc(OC)c1C(C)N. The minimum atomic E-state index is -0.0267. The molecule has 90 valence electrons. The minimum Gasteiger partial charge on any atom is -0.496 e. The third-order valence-corrected chi connectivity index (χ3v) is 3.28. The first-order valence-corrected chi connectivity index (χ1v) is 6.23. The molecule has 3 nitrogen and oxygen atoms in total. The Morgan fingerprint density at radius 3 is 2.69 bits per heavy atom. The summed E-state index contributed by atoms with van der Waals surface area (Å²) in [5.74, 6) is 1.78. The molecule has 0 spiro atoms. The molecule has 1 aromatic carbocycles. The quantitative estimate of drug-likeness (QED) is 0.614. The Bertz CT molecular complexity index is 329. The van der Waals surface area contributed by atoms with Crippen molar-refractivity contribution in [3.05, 3.63) is 23.8 Å². The van der Waals surface area contributed by atoms with Crippen molar-refractivity contribution >= 4 is 11.8 Å². The summed E-state index contributed by atoms with van der Waals surface area (Å²) in [7, 11) is 3.38. The second-order valence-electron chi connectivity index (χ2n) is 3.50. The summed E-state index contributed by atoms with van der Waals surface area (Å²) in [4.78, 5) is 1.17. The molecule has 0 fully saturated rings. The maximum absolute atomic E-state index is 5.97. The van der Waals surface area contributed by atoms with E-state index in [1.54, 1.807) is 26.0 Å². The zero-order chi connectivity index (χ0) is 12.0. The van der Waals surface area contributed by atoms with E-state index < -0.39 is 0 Å². The normalized spacial score (nSPS) is 12.5. The number of hydrogen-bond acceptors (Lipinski definition) is 4. The van der Waals surface area contributed by atoms with E-state index in [-0.39, 0.29) is 6.04 Å². The molecule has 1 unspecified atom stereocenters. The summed E-state index contributed by atoms with van der Waals surface area (Å²) in [5, 5.41) is 0. The van der Waals surface area contributed by atoms with Crippen molar-refractivity contribution in [1.82, 2.24) is 0 Å². The van der Waals surface area contributed by atoms with Crippen LogP contribution in [0.25, 0.3) is 0 Å². The van der Waals surface area contributed by atoms with Crippen molar-refractivity contribution in [3.63, 3.8) is 0 Å². The molecule has 0 bridgehead atoms. The van der Waals surface area contributed by atoms with Crippen molar-refractivity contribution in [2.24, 2.45) is 5.73 Å². The highest BCUT2D eigenvalue weighted by molar-refractivity contribution is 7.99. The van der Waals surface area contributed by atoms with Crippen LogP contribution in [-0.2, 0) is 4.74 Å². The molecule has 0 aliphatic heterocycles. The monoisotopic (exact) mass is 241 g/mol. The molecule has 16 heavy (non-hydrogen) atoms. The lowest BCUT2D eigenvalue weighted by Gasteiger charge is -2.16. The number of nitrogens with two attached hydrogens (primary N) is 1. The number of hydrogen-bond donors (Lipinski definition) is 1. The highest BCUT2D eigenvalue weighted by atomic mass is 32.2. The van der Waals surface area contributed by atoms with E-state index in [9.17, 15) is 0 Å². The third-order valence-electron chi connectivity index (χ3n) is 2.25. The summed E-state index contributed by atoms with van der Waals surface area (Å²) in [6, 6.07) is 5.97. The third kappa shape index (κ3) is 3.40. The number of ether oxygens (including phenoxy) is 2. The Balaban J connectivity index is 2.89.